The summed E-state index contributed by atoms with van der Waals surface area (Å²) in [7, 11) is 0. The molecule has 1 aromatic heterocycles. The lowest BCUT2D eigenvalue weighted by molar-refractivity contribution is -0.113. The maximum Gasteiger partial charge on any atom is 0.277 e. The summed E-state index contributed by atoms with van der Waals surface area (Å²) in [6, 6.07) is 7.83. The third-order valence-electron chi connectivity index (χ3n) is 2.70. The molecule has 6 heteroatoms. The SMILES string of the molecule is CCc1cccc(NC(=O)CSc2nnc(CC)o2)c1. The summed E-state index contributed by atoms with van der Waals surface area (Å²) in [6.07, 6.45) is 1.64. The van der Waals surface area contributed by atoms with E-state index in [-0.39, 0.29) is 11.7 Å². The van der Waals surface area contributed by atoms with Crippen molar-refractivity contribution in [2.75, 3.05) is 11.1 Å². The van der Waals surface area contributed by atoms with Gasteiger partial charge >= 0.3 is 0 Å². The number of amides is 1. The molecule has 0 radical (unpaired) electrons. The van der Waals surface area contributed by atoms with Crippen LogP contribution in [0, 0.1) is 0 Å². The number of nitrogens with zero attached hydrogens (tertiary/aromatic N) is 2. The van der Waals surface area contributed by atoms with Crippen molar-refractivity contribution in [3.8, 4) is 0 Å². The van der Waals surface area contributed by atoms with Gasteiger partial charge in [-0.15, -0.1) is 10.2 Å². The quantitative estimate of drug-likeness (QED) is 0.829. The van der Waals surface area contributed by atoms with Gasteiger partial charge in [0, 0.05) is 12.1 Å². The largest absolute Gasteiger partial charge is 0.416 e. The van der Waals surface area contributed by atoms with Crippen LogP contribution in [0.5, 0.6) is 0 Å². The number of thioether (sulfide) groups is 1. The standard InChI is InChI=1S/C14H17N3O2S/c1-3-10-6-5-7-11(8-10)15-12(18)9-20-14-17-16-13(4-2)19-14/h5-8H,3-4,9H2,1-2H3,(H,15,18). The zero-order valence-corrected chi connectivity index (χ0v) is 12.4. The van der Waals surface area contributed by atoms with Gasteiger partial charge < -0.3 is 9.73 Å². The van der Waals surface area contributed by atoms with Crippen molar-refractivity contribution in [2.24, 2.45) is 0 Å². The molecule has 0 unspecified atom stereocenters. The number of aryl methyl sites for hydroxylation is 2. The molecule has 2 aromatic rings. The molecular weight excluding hydrogens is 274 g/mol. The Bertz CT molecular complexity index is 583. The fourth-order valence-electron chi connectivity index (χ4n) is 1.63. The van der Waals surface area contributed by atoms with Crippen molar-refractivity contribution >= 4 is 23.4 Å². The summed E-state index contributed by atoms with van der Waals surface area (Å²) in [5, 5.41) is 11.0. The Kier molecular flexibility index (Phi) is 5.17. The summed E-state index contributed by atoms with van der Waals surface area (Å²) in [5.41, 5.74) is 2.01. The summed E-state index contributed by atoms with van der Waals surface area (Å²) in [4.78, 5) is 11.8. The van der Waals surface area contributed by atoms with E-state index in [9.17, 15) is 4.79 Å². The van der Waals surface area contributed by atoms with Crippen molar-refractivity contribution in [3.05, 3.63) is 35.7 Å². The smallest absolute Gasteiger partial charge is 0.277 e. The van der Waals surface area contributed by atoms with Gasteiger partial charge in [-0.2, -0.15) is 0 Å². The van der Waals surface area contributed by atoms with E-state index in [1.165, 1.54) is 17.3 Å². The van der Waals surface area contributed by atoms with Gasteiger partial charge in [0.2, 0.25) is 11.8 Å². The van der Waals surface area contributed by atoms with Crippen LogP contribution in [0.2, 0.25) is 0 Å². The molecule has 0 saturated carbocycles. The van der Waals surface area contributed by atoms with Crippen molar-refractivity contribution in [1.82, 2.24) is 10.2 Å². The highest BCUT2D eigenvalue weighted by Gasteiger charge is 2.09. The van der Waals surface area contributed by atoms with Crippen molar-refractivity contribution in [2.45, 2.75) is 31.9 Å². The minimum atomic E-state index is -0.0838. The summed E-state index contributed by atoms with van der Waals surface area (Å²) < 4.78 is 5.33. The number of benzene rings is 1. The van der Waals surface area contributed by atoms with E-state index in [1.54, 1.807) is 0 Å². The molecule has 20 heavy (non-hydrogen) atoms. The topological polar surface area (TPSA) is 68.0 Å². The number of hydrogen-bond acceptors (Lipinski definition) is 5. The fraction of sp³-hybridized carbons (Fsp3) is 0.357. The average molecular weight is 291 g/mol. The van der Waals surface area contributed by atoms with Crippen LogP contribution in [0.25, 0.3) is 0 Å². The van der Waals surface area contributed by atoms with E-state index in [4.69, 9.17) is 4.42 Å². The Morgan fingerprint density at radius 2 is 2.15 bits per heavy atom. The molecule has 0 saturated heterocycles. The molecule has 2 rings (SSSR count). The normalized spacial score (nSPS) is 10.5. The van der Waals surface area contributed by atoms with Crippen LogP contribution in [-0.2, 0) is 17.6 Å². The lowest BCUT2D eigenvalue weighted by atomic mass is 10.1. The number of carbonyl (C=O) groups excluding carboxylic acids is 1. The molecule has 0 bridgehead atoms. The highest BCUT2D eigenvalue weighted by Crippen LogP contribution is 2.17. The minimum absolute atomic E-state index is 0.0838. The number of rotatable bonds is 6. The summed E-state index contributed by atoms with van der Waals surface area (Å²) >= 11 is 1.24. The first-order valence-electron chi connectivity index (χ1n) is 6.55. The summed E-state index contributed by atoms with van der Waals surface area (Å²) in [5.74, 6) is 0.755. The molecular formula is C14H17N3O2S. The van der Waals surface area contributed by atoms with Crippen LogP contribution >= 0.6 is 11.8 Å². The number of aromatic nitrogens is 2. The molecule has 0 aliphatic carbocycles. The number of hydrogen-bond donors (Lipinski definition) is 1. The minimum Gasteiger partial charge on any atom is -0.416 e. The van der Waals surface area contributed by atoms with Crippen LogP contribution in [0.15, 0.2) is 33.9 Å². The van der Waals surface area contributed by atoms with Crippen LogP contribution in [0.1, 0.15) is 25.3 Å². The number of nitrogens with one attached hydrogen (secondary N) is 1. The molecule has 0 aliphatic heterocycles. The third-order valence-corrected chi connectivity index (χ3v) is 3.51. The van der Waals surface area contributed by atoms with Gasteiger partial charge in [-0.25, -0.2) is 0 Å². The molecule has 0 spiro atoms. The first kappa shape index (κ1) is 14.6. The molecule has 0 fully saturated rings. The van der Waals surface area contributed by atoms with Crippen LogP contribution in [-0.4, -0.2) is 21.9 Å². The Morgan fingerprint density at radius 3 is 2.85 bits per heavy atom. The van der Waals surface area contributed by atoms with Crippen molar-refractivity contribution in [3.63, 3.8) is 0 Å². The number of anilines is 1. The maximum atomic E-state index is 11.8. The Balaban J connectivity index is 1.85. The zero-order chi connectivity index (χ0) is 14.4. The summed E-state index contributed by atoms with van der Waals surface area (Å²) in [6.45, 7) is 4.02. The zero-order valence-electron chi connectivity index (χ0n) is 11.5. The highest BCUT2D eigenvalue weighted by molar-refractivity contribution is 7.99. The van der Waals surface area contributed by atoms with E-state index in [1.807, 2.05) is 31.2 Å². The van der Waals surface area contributed by atoms with Gasteiger partial charge in [0.05, 0.1) is 5.75 Å². The van der Waals surface area contributed by atoms with E-state index in [0.29, 0.717) is 17.5 Å². The number of carbonyl (C=O) groups is 1. The van der Waals surface area contributed by atoms with E-state index >= 15 is 0 Å². The van der Waals surface area contributed by atoms with Gasteiger partial charge in [-0.3, -0.25) is 4.79 Å². The predicted molar refractivity (Wildman–Crippen MR) is 78.8 cm³/mol. The Labute approximate surface area is 122 Å². The molecule has 0 aliphatic rings. The molecule has 106 valence electrons. The first-order chi connectivity index (χ1) is 9.71. The van der Waals surface area contributed by atoms with Gasteiger partial charge in [-0.1, -0.05) is 37.7 Å². The van der Waals surface area contributed by atoms with E-state index in [2.05, 4.69) is 22.4 Å². The molecule has 1 N–H and O–H groups in total. The van der Waals surface area contributed by atoms with Gasteiger partial charge in [-0.05, 0) is 24.1 Å². The van der Waals surface area contributed by atoms with Crippen LogP contribution < -0.4 is 5.32 Å². The monoisotopic (exact) mass is 291 g/mol. The first-order valence-corrected chi connectivity index (χ1v) is 7.53. The van der Waals surface area contributed by atoms with Gasteiger partial charge in [0.15, 0.2) is 0 Å². The fourth-order valence-corrected chi connectivity index (χ4v) is 2.21. The van der Waals surface area contributed by atoms with Crippen LogP contribution in [0.3, 0.4) is 0 Å². The van der Waals surface area contributed by atoms with Gasteiger partial charge in [0.1, 0.15) is 0 Å². The lowest BCUT2D eigenvalue weighted by Crippen LogP contribution is -2.14. The van der Waals surface area contributed by atoms with Gasteiger partial charge in [0.25, 0.3) is 5.22 Å². The highest BCUT2D eigenvalue weighted by atomic mass is 32.2. The molecule has 1 aromatic carbocycles. The van der Waals surface area contributed by atoms with E-state index < -0.39 is 0 Å². The molecule has 1 amide bonds. The molecule has 1 heterocycles. The lowest BCUT2D eigenvalue weighted by Gasteiger charge is -2.05. The average Bonchev–Trinajstić information content (AvgIpc) is 2.93. The van der Waals surface area contributed by atoms with E-state index in [0.717, 1.165) is 12.1 Å². The maximum absolute atomic E-state index is 11.8. The Hall–Kier alpha value is -1.82. The van der Waals surface area contributed by atoms with Crippen molar-refractivity contribution in [1.29, 1.82) is 0 Å². The van der Waals surface area contributed by atoms with Crippen LogP contribution in [0.4, 0.5) is 5.69 Å². The predicted octanol–water partition coefficient (Wildman–Crippen LogP) is 2.93. The van der Waals surface area contributed by atoms with Crippen molar-refractivity contribution < 1.29 is 9.21 Å². The molecule has 0 atom stereocenters. The molecule has 5 nitrogen and oxygen atoms in total. The Morgan fingerprint density at radius 1 is 1.30 bits per heavy atom. The third kappa shape index (κ3) is 4.09. The second kappa shape index (κ2) is 7.09. The second-order valence-corrected chi connectivity index (χ2v) is 5.13. The second-order valence-electron chi connectivity index (χ2n) is 4.21.